The molecule has 1 saturated carbocycles. The van der Waals surface area contributed by atoms with E-state index in [1.807, 2.05) is 0 Å². The molecule has 1 aromatic rings. The van der Waals surface area contributed by atoms with E-state index in [0.29, 0.717) is 0 Å². The minimum Gasteiger partial charge on any atom is -0.452 e. The van der Waals surface area contributed by atoms with Gasteiger partial charge < -0.3 is 10.1 Å². The molecule has 130 valence electrons. The third-order valence-corrected chi connectivity index (χ3v) is 3.90. The van der Waals surface area contributed by atoms with Crippen LogP contribution < -0.4 is 5.32 Å². The Hall–Kier alpha value is -3.21. The van der Waals surface area contributed by atoms with E-state index in [-0.39, 0.29) is 17.2 Å². The summed E-state index contributed by atoms with van der Waals surface area (Å²) in [5.74, 6) is -1.25. The molecule has 1 atom stereocenters. The summed E-state index contributed by atoms with van der Waals surface area (Å²) in [7, 11) is 0. The highest BCUT2D eigenvalue weighted by molar-refractivity contribution is 5.90. The molecule has 0 heterocycles. The quantitative estimate of drug-likeness (QED) is 0.349. The first-order valence-electron chi connectivity index (χ1n) is 7.66. The van der Waals surface area contributed by atoms with Crippen molar-refractivity contribution in [1.29, 1.82) is 5.26 Å². The standard InChI is InChI=1S/C17H17N3O5/c1-17(11-18,13-7-8-13)19-15(21)10-25-16(22)9-6-12-4-2-3-5-14(12)20(23)24/h2-6,9,13H,7-8,10H2,1H3,(H,19,21)/b9-6+/t17-/m0/s1. The van der Waals surface area contributed by atoms with Crippen LogP contribution in [-0.2, 0) is 14.3 Å². The van der Waals surface area contributed by atoms with Gasteiger partial charge >= 0.3 is 5.97 Å². The lowest BCUT2D eigenvalue weighted by molar-refractivity contribution is -0.385. The number of esters is 1. The number of nitro groups is 1. The van der Waals surface area contributed by atoms with Crippen LogP contribution in [-0.4, -0.2) is 28.9 Å². The van der Waals surface area contributed by atoms with Gasteiger partial charge in [0.15, 0.2) is 6.61 Å². The minimum absolute atomic E-state index is 0.121. The van der Waals surface area contributed by atoms with Crippen LogP contribution in [0.25, 0.3) is 6.08 Å². The summed E-state index contributed by atoms with van der Waals surface area (Å²) >= 11 is 0. The normalized spacial score (nSPS) is 15.8. The van der Waals surface area contributed by atoms with E-state index in [2.05, 4.69) is 11.4 Å². The highest BCUT2D eigenvalue weighted by Crippen LogP contribution is 2.39. The van der Waals surface area contributed by atoms with E-state index >= 15 is 0 Å². The fraction of sp³-hybridized carbons (Fsp3) is 0.353. The Morgan fingerprint density at radius 3 is 2.76 bits per heavy atom. The zero-order chi connectivity index (χ0) is 18.4. The number of amides is 1. The van der Waals surface area contributed by atoms with Crippen molar-refractivity contribution in [2.75, 3.05) is 6.61 Å². The number of nitrogens with zero attached hydrogens (tertiary/aromatic N) is 2. The van der Waals surface area contributed by atoms with Crippen molar-refractivity contribution in [3.63, 3.8) is 0 Å². The molecule has 1 aliphatic rings. The molecule has 0 unspecified atom stereocenters. The van der Waals surface area contributed by atoms with Crippen molar-refractivity contribution < 1.29 is 19.2 Å². The monoisotopic (exact) mass is 343 g/mol. The molecule has 1 amide bonds. The fourth-order valence-corrected chi connectivity index (χ4v) is 2.35. The Balaban J connectivity index is 1.87. The molecule has 2 rings (SSSR count). The molecule has 0 aliphatic heterocycles. The number of carbonyl (C=O) groups excluding carboxylic acids is 2. The number of nitro benzene ring substituents is 1. The third kappa shape index (κ3) is 4.88. The summed E-state index contributed by atoms with van der Waals surface area (Å²) in [6.07, 6.45) is 4.02. The maximum atomic E-state index is 11.8. The van der Waals surface area contributed by atoms with Gasteiger partial charge in [0.1, 0.15) is 5.54 Å². The summed E-state index contributed by atoms with van der Waals surface area (Å²) in [5, 5.41) is 22.6. The average molecular weight is 343 g/mol. The Morgan fingerprint density at radius 2 is 2.16 bits per heavy atom. The summed E-state index contributed by atoms with van der Waals surface area (Å²) in [5.41, 5.74) is -0.845. The van der Waals surface area contributed by atoms with Crippen molar-refractivity contribution in [2.45, 2.75) is 25.3 Å². The van der Waals surface area contributed by atoms with Crippen molar-refractivity contribution in [2.24, 2.45) is 5.92 Å². The van der Waals surface area contributed by atoms with Crippen molar-refractivity contribution in [3.05, 3.63) is 46.0 Å². The number of carbonyl (C=O) groups is 2. The van der Waals surface area contributed by atoms with Gasteiger partial charge in [-0.25, -0.2) is 4.79 Å². The topological polar surface area (TPSA) is 122 Å². The third-order valence-electron chi connectivity index (χ3n) is 3.90. The van der Waals surface area contributed by atoms with Crippen LogP contribution in [0.3, 0.4) is 0 Å². The summed E-state index contributed by atoms with van der Waals surface area (Å²) in [6, 6.07) is 8.00. The molecule has 1 fully saturated rings. The van der Waals surface area contributed by atoms with Gasteiger partial charge in [-0.1, -0.05) is 12.1 Å². The smallest absolute Gasteiger partial charge is 0.331 e. The summed E-state index contributed by atoms with van der Waals surface area (Å²) in [6.45, 7) is 1.11. The van der Waals surface area contributed by atoms with E-state index < -0.39 is 28.9 Å². The van der Waals surface area contributed by atoms with Crippen LogP contribution in [0.2, 0.25) is 0 Å². The Morgan fingerprint density at radius 1 is 1.48 bits per heavy atom. The van der Waals surface area contributed by atoms with E-state index in [4.69, 9.17) is 10.00 Å². The molecule has 0 saturated heterocycles. The zero-order valence-corrected chi connectivity index (χ0v) is 13.6. The lowest BCUT2D eigenvalue weighted by Gasteiger charge is -2.22. The van der Waals surface area contributed by atoms with Crippen LogP contribution in [0, 0.1) is 27.4 Å². The maximum Gasteiger partial charge on any atom is 0.331 e. The SMILES string of the molecule is C[C@@](C#N)(NC(=O)COC(=O)/C=C/c1ccccc1[N+](=O)[O-])C1CC1. The maximum absolute atomic E-state index is 11.8. The molecule has 1 aromatic carbocycles. The molecule has 0 aromatic heterocycles. The summed E-state index contributed by atoms with van der Waals surface area (Å²) in [4.78, 5) is 33.8. The minimum atomic E-state index is -0.954. The number of nitrogens with one attached hydrogen (secondary N) is 1. The molecule has 0 bridgehead atoms. The molecule has 25 heavy (non-hydrogen) atoms. The van der Waals surface area contributed by atoms with Gasteiger partial charge in [0.05, 0.1) is 16.6 Å². The van der Waals surface area contributed by atoms with Crippen LogP contribution in [0.4, 0.5) is 5.69 Å². The van der Waals surface area contributed by atoms with Crippen molar-refractivity contribution >= 4 is 23.6 Å². The number of rotatable bonds is 7. The number of hydrogen-bond donors (Lipinski definition) is 1. The van der Waals surface area contributed by atoms with Gasteiger partial charge in [0, 0.05) is 12.1 Å². The second kappa shape index (κ2) is 7.57. The van der Waals surface area contributed by atoms with Gasteiger partial charge in [-0.05, 0) is 37.8 Å². The molecule has 1 N–H and O–H groups in total. The Kier molecular flexibility index (Phi) is 5.49. The van der Waals surface area contributed by atoms with E-state index in [1.54, 1.807) is 13.0 Å². The van der Waals surface area contributed by atoms with Crippen LogP contribution in [0.15, 0.2) is 30.3 Å². The van der Waals surface area contributed by atoms with Crippen LogP contribution >= 0.6 is 0 Å². The Bertz CT molecular complexity index is 764. The number of ether oxygens (including phenoxy) is 1. The van der Waals surface area contributed by atoms with Crippen LogP contribution in [0.1, 0.15) is 25.3 Å². The zero-order valence-electron chi connectivity index (χ0n) is 13.6. The molecular formula is C17H17N3O5. The fourth-order valence-electron chi connectivity index (χ4n) is 2.35. The molecule has 1 aliphatic carbocycles. The van der Waals surface area contributed by atoms with Crippen molar-refractivity contribution in [3.8, 4) is 6.07 Å². The van der Waals surface area contributed by atoms with Gasteiger partial charge in [-0.3, -0.25) is 14.9 Å². The van der Waals surface area contributed by atoms with E-state index in [0.717, 1.165) is 18.9 Å². The first-order valence-corrected chi connectivity index (χ1v) is 7.66. The molecular weight excluding hydrogens is 326 g/mol. The first kappa shape index (κ1) is 18.1. The molecule has 8 nitrogen and oxygen atoms in total. The van der Waals surface area contributed by atoms with Gasteiger partial charge in [-0.15, -0.1) is 0 Å². The Labute approximate surface area is 144 Å². The molecule has 0 spiro atoms. The number of nitriles is 1. The lowest BCUT2D eigenvalue weighted by atomic mass is 9.98. The lowest BCUT2D eigenvalue weighted by Crippen LogP contribution is -2.48. The largest absolute Gasteiger partial charge is 0.452 e. The van der Waals surface area contributed by atoms with E-state index in [1.165, 1.54) is 24.3 Å². The molecule has 0 radical (unpaired) electrons. The predicted molar refractivity (Wildman–Crippen MR) is 88.0 cm³/mol. The van der Waals surface area contributed by atoms with Gasteiger partial charge in [0.2, 0.25) is 0 Å². The highest BCUT2D eigenvalue weighted by atomic mass is 16.6. The predicted octanol–water partition coefficient (Wildman–Crippen LogP) is 1.96. The van der Waals surface area contributed by atoms with Gasteiger partial charge in [-0.2, -0.15) is 5.26 Å². The number of para-hydroxylation sites is 1. The van der Waals surface area contributed by atoms with E-state index in [9.17, 15) is 19.7 Å². The second-order valence-electron chi connectivity index (χ2n) is 5.89. The summed E-state index contributed by atoms with van der Waals surface area (Å²) < 4.78 is 4.80. The first-order chi connectivity index (χ1) is 11.9. The van der Waals surface area contributed by atoms with Crippen molar-refractivity contribution in [1.82, 2.24) is 5.32 Å². The van der Waals surface area contributed by atoms with Gasteiger partial charge in [0.25, 0.3) is 11.6 Å². The number of benzene rings is 1. The molecule has 8 heteroatoms. The number of hydrogen-bond acceptors (Lipinski definition) is 6. The van der Waals surface area contributed by atoms with Crippen LogP contribution in [0.5, 0.6) is 0 Å². The second-order valence-corrected chi connectivity index (χ2v) is 5.89. The average Bonchev–Trinajstić information content (AvgIpc) is 3.43. The highest BCUT2D eigenvalue weighted by Gasteiger charge is 2.43.